The molecule has 7 nitrogen and oxygen atoms in total. The number of ether oxygens (including phenoxy) is 2. The number of hydrogen-bond donors (Lipinski definition) is 2. The van der Waals surface area contributed by atoms with Gasteiger partial charge < -0.3 is 19.7 Å². The average Bonchev–Trinajstić information content (AvgIpc) is 3.20. The van der Waals surface area contributed by atoms with Crippen molar-refractivity contribution in [1.29, 1.82) is 0 Å². The minimum Gasteiger partial charge on any atom is -0.489 e. The third-order valence-electron chi connectivity index (χ3n) is 5.00. The molecule has 33 heavy (non-hydrogen) atoms. The minimum absolute atomic E-state index is 0.0507. The van der Waals surface area contributed by atoms with Crippen LogP contribution in [-0.2, 0) is 6.61 Å². The van der Waals surface area contributed by atoms with E-state index in [9.17, 15) is 13.6 Å². The van der Waals surface area contributed by atoms with Crippen molar-refractivity contribution in [3.63, 3.8) is 0 Å². The van der Waals surface area contributed by atoms with Gasteiger partial charge in [-0.25, -0.2) is 0 Å². The SMILES string of the molecule is CN(C)c1ccc(C(=O)Nc2n[nH]c3cc(OCc4ccccc4OC(F)F)ccc23)cc1. The molecule has 9 heteroatoms. The molecule has 0 bridgehead atoms. The van der Waals surface area contributed by atoms with Gasteiger partial charge >= 0.3 is 6.61 Å². The van der Waals surface area contributed by atoms with E-state index in [1.54, 1.807) is 48.5 Å². The number of para-hydroxylation sites is 1. The molecule has 1 heterocycles. The van der Waals surface area contributed by atoms with Gasteiger partial charge in [-0.05, 0) is 42.5 Å². The number of hydrogen-bond acceptors (Lipinski definition) is 5. The predicted octanol–water partition coefficient (Wildman–Crippen LogP) is 5.06. The van der Waals surface area contributed by atoms with Gasteiger partial charge in [-0.1, -0.05) is 18.2 Å². The quantitative estimate of drug-likeness (QED) is 0.391. The molecule has 170 valence electrons. The summed E-state index contributed by atoms with van der Waals surface area (Å²) in [5, 5.41) is 10.6. The Morgan fingerprint density at radius 1 is 1.09 bits per heavy atom. The van der Waals surface area contributed by atoms with Crippen LogP contribution in [-0.4, -0.2) is 36.8 Å². The van der Waals surface area contributed by atoms with Gasteiger partial charge in [0.25, 0.3) is 5.91 Å². The molecule has 0 atom stereocenters. The molecule has 3 aromatic carbocycles. The molecule has 0 saturated heterocycles. The first-order valence-electron chi connectivity index (χ1n) is 10.1. The Labute approximate surface area is 188 Å². The Balaban J connectivity index is 1.45. The number of aromatic nitrogens is 2. The van der Waals surface area contributed by atoms with E-state index < -0.39 is 6.61 Å². The highest BCUT2D eigenvalue weighted by Crippen LogP contribution is 2.27. The fourth-order valence-electron chi connectivity index (χ4n) is 3.27. The summed E-state index contributed by atoms with van der Waals surface area (Å²) in [7, 11) is 3.86. The predicted molar refractivity (Wildman–Crippen MR) is 122 cm³/mol. The summed E-state index contributed by atoms with van der Waals surface area (Å²) in [6.07, 6.45) is 0. The second-order valence-electron chi connectivity index (χ2n) is 7.45. The minimum atomic E-state index is -2.91. The number of benzene rings is 3. The van der Waals surface area contributed by atoms with E-state index in [4.69, 9.17) is 4.74 Å². The van der Waals surface area contributed by atoms with Crippen LogP contribution in [0.4, 0.5) is 20.3 Å². The summed E-state index contributed by atoms with van der Waals surface area (Å²) in [5.74, 6) is 0.701. The molecule has 0 aliphatic heterocycles. The molecule has 0 unspecified atom stereocenters. The van der Waals surface area contributed by atoms with Crippen molar-refractivity contribution in [3.05, 3.63) is 77.9 Å². The normalized spacial score (nSPS) is 10.9. The number of nitrogens with zero attached hydrogens (tertiary/aromatic N) is 2. The number of alkyl halides is 2. The third kappa shape index (κ3) is 5.20. The van der Waals surface area contributed by atoms with E-state index in [1.807, 2.05) is 31.1 Å². The number of anilines is 2. The van der Waals surface area contributed by atoms with E-state index in [2.05, 4.69) is 20.3 Å². The number of carbonyl (C=O) groups is 1. The zero-order chi connectivity index (χ0) is 23.4. The molecular weight excluding hydrogens is 430 g/mol. The summed E-state index contributed by atoms with van der Waals surface area (Å²) >= 11 is 0. The molecule has 4 aromatic rings. The third-order valence-corrected chi connectivity index (χ3v) is 5.00. The summed E-state index contributed by atoms with van der Waals surface area (Å²) < 4.78 is 35.4. The van der Waals surface area contributed by atoms with Gasteiger partial charge in [0, 0.05) is 42.4 Å². The summed E-state index contributed by atoms with van der Waals surface area (Å²) in [6, 6.07) is 18.9. The van der Waals surface area contributed by atoms with Crippen molar-refractivity contribution in [3.8, 4) is 11.5 Å². The first kappa shape index (κ1) is 22.1. The number of carbonyl (C=O) groups excluding carboxylic acids is 1. The van der Waals surface area contributed by atoms with Crippen molar-refractivity contribution >= 4 is 28.3 Å². The van der Waals surface area contributed by atoms with Crippen molar-refractivity contribution in [2.24, 2.45) is 0 Å². The smallest absolute Gasteiger partial charge is 0.387 e. The Kier molecular flexibility index (Phi) is 6.39. The molecule has 0 aliphatic carbocycles. The molecule has 0 saturated carbocycles. The van der Waals surface area contributed by atoms with E-state index in [0.29, 0.717) is 33.6 Å². The lowest BCUT2D eigenvalue weighted by molar-refractivity contribution is -0.0508. The summed E-state index contributed by atoms with van der Waals surface area (Å²) in [6.45, 7) is -2.86. The van der Waals surface area contributed by atoms with Crippen LogP contribution in [0.5, 0.6) is 11.5 Å². The lowest BCUT2D eigenvalue weighted by Crippen LogP contribution is -2.13. The number of aromatic amines is 1. The van der Waals surface area contributed by atoms with Crippen LogP contribution in [0.1, 0.15) is 15.9 Å². The highest BCUT2D eigenvalue weighted by atomic mass is 19.3. The maximum Gasteiger partial charge on any atom is 0.387 e. The fourth-order valence-corrected chi connectivity index (χ4v) is 3.27. The number of fused-ring (bicyclic) bond motifs is 1. The Morgan fingerprint density at radius 3 is 2.58 bits per heavy atom. The highest BCUT2D eigenvalue weighted by molar-refractivity contribution is 6.08. The van der Waals surface area contributed by atoms with Crippen molar-refractivity contribution in [2.45, 2.75) is 13.2 Å². The molecule has 0 aliphatic rings. The summed E-state index contributed by atoms with van der Waals surface area (Å²) in [4.78, 5) is 14.6. The van der Waals surface area contributed by atoms with Gasteiger partial charge in [0.15, 0.2) is 5.82 Å². The maximum atomic E-state index is 12.6. The average molecular weight is 452 g/mol. The molecule has 1 aromatic heterocycles. The first-order valence-corrected chi connectivity index (χ1v) is 10.1. The number of H-pyrrole nitrogens is 1. The highest BCUT2D eigenvalue weighted by Gasteiger charge is 2.13. The molecular formula is C24H22F2N4O3. The van der Waals surface area contributed by atoms with E-state index in [0.717, 1.165) is 5.69 Å². The second-order valence-corrected chi connectivity index (χ2v) is 7.45. The largest absolute Gasteiger partial charge is 0.489 e. The number of nitrogens with one attached hydrogen (secondary N) is 2. The van der Waals surface area contributed by atoms with E-state index in [1.165, 1.54) is 6.07 Å². The van der Waals surface area contributed by atoms with E-state index >= 15 is 0 Å². The zero-order valence-corrected chi connectivity index (χ0v) is 18.0. The second kappa shape index (κ2) is 9.56. The van der Waals surface area contributed by atoms with E-state index in [-0.39, 0.29) is 18.3 Å². The lowest BCUT2D eigenvalue weighted by Gasteiger charge is -2.12. The van der Waals surface area contributed by atoms with Gasteiger partial charge in [-0.2, -0.15) is 13.9 Å². The topological polar surface area (TPSA) is 79.5 Å². The van der Waals surface area contributed by atoms with Crippen molar-refractivity contribution in [2.75, 3.05) is 24.3 Å². The molecule has 1 amide bonds. The Morgan fingerprint density at radius 2 is 1.85 bits per heavy atom. The molecule has 0 radical (unpaired) electrons. The Hall–Kier alpha value is -4.14. The first-order chi connectivity index (χ1) is 15.9. The van der Waals surface area contributed by atoms with Gasteiger partial charge in [-0.15, -0.1) is 0 Å². The zero-order valence-electron chi connectivity index (χ0n) is 18.0. The lowest BCUT2D eigenvalue weighted by atomic mass is 10.2. The van der Waals surface area contributed by atoms with Crippen LogP contribution in [0.25, 0.3) is 10.9 Å². The van der Waals surface area contributed by atoms with Crippen LogP contribution in [0.2, 0.25) is 0 Å². The standard InChI is InChI=1S/C24H22F2N4O3/c1-30(2)17-9-7-15(8-10-17)23(31)27-22-19-12-11-18(13-20(19)28-29-22)32-14-16-5-3-4-6-21(16)33-24(25)26/h3-13,24H,14H2,1-2H3,(H2,27,28,29,31). The fraction of sp³-hybridized carbons (Fsp3) is 0.167. The molecule has 2 N–H and O–H groups in total. The van der Waals surface area contributed by atoms with Gasteiger partial charge in [0.1, 0.15) is 18.1 Å². The van der Waals surface area contributed by atoms with Crippen LogP contribution in [0.3, 0.4) is 0 Å². The summed E-state index contributed by atoms with van der Waals surface area (Å²) in [5.41, 5.74) is 2.66. The molecule has 0 fully saturated rings. The maximum absolute atomic E-state index is 12.6. The Bertz CT molecular complexity index is 1260. The van der Waals surface area contributed by atoms with Gasteiger partial charge in [0.2, 0.25) is 0 Å². The van der Waals surface area contributed by atoms with Crippen LogP contribution < -0.4 is 19.7 Å². The molecule has 0 spiro atoms. The van der Waals surface area contributed by atoms with Gasteiger partial charge in [-0.3, -0.25) is 9.89 Å². The number of halogens is 2. The van der Waals surface area contributed by atoms with Gasteiger partial charge in [0.05, 0.1) is 5.52 Å². The van der Waals surface area contributed by atoms with Crippen LogP contribution in [0.15, 0.2) is 66.7 Å². The van der Waals surface area contributed by atoms with Crippen molar-refractivity contribution < 1.29 is 23.0 Å². The van der Waals surface area contributed by atoms with Crippen LogP contribution >= 0.6 is 0 Å². The van der Waals surface area contributed by atoms with Crippen LogP contribution in [0, 0.1) is 0 Å². The number of amides is 1. The number of rotatable bonds is 8. The van der Waals surface area contributed by atoms with Crippen molar-refractivity contribution in [1.82, 2.24) is 10.2 Å². The monoisotopic (exact) mass is 452 g/mol. The molecule has 4 rings (SSSR count).